The van der Waals surface area contributed by atoms with Crippen molar-refractivity contribution in [3.8, 4) is 0 Å². The van der Waals surface area contributed by atoms with Crippen LogP contribution in [0, 0.1) is 10.1 Å². The number of nitrogens with one attached hydrogen (secondary N) is 1. The van der Waals surface area contributed by atoms with E-state index in [2.05, 4.69) is 4.72 Å². The summed E-state index contributed by atoms with van der Waals surface area (Å²) in [6.07, 6.45) is -0.0279. The Balaban J connectivity index is 1.87. The van der Waals surface area contributed by atoms with Crippen LogP contribution in [0.1, 0.15) is 6.42 Å². The normalized spacial score (nSPS) is 15.8. The number of nitro groups is 1. The first-order chi connectivity index (χ1) is 12.3. The van der Waals surface area contributed by atoms with E-state index < -0.39 is 25.5 Å². The molecule has 0 aromatic heterocycles. The highest BCUT2D eigenvalue weighted by Gasteiger charge is 2.25. The number of para-hydroxylation sites is 1. The molecule has 0 spiro atoms. The lowest BCUT2D eigenvalue weighted by Crippen LogP contribution is -2.49. The zero-order chi connectivity index (χ0) is 19.2. The number of aliphatic hydroxyl groups excluding tert-OH is 1. The first-order valence-electron chi connectivity index (χ1n) is 8.19. The molecule has 11 heteroatoms. The summed E-state index contributed by atoms with van der Waals surface area (Å²) in [4.78, 5) is 25.6. The summed E-state index contributed by atoms with van der Waals surface area (Å²) in [5.41, 5.74) is -0.508. The van der Waals surface area contributed by atoms with Crippen molar-refractivity contribution in [3.63, 3.8) is 0 Å². The van der Waals surface area contributed by atoms with Gasteiger partial charge >= 0.3 is 0 Å². The van der Waals surface area contributed by atoms with Crippen LogP contribution in [0.3, 0.4) is 0 Å². The molecule has 2 rings (SSSR count). The fourth-order valence-electron chi connectivity index (χ4n) is 2.73. The van der Waals surface area contributed by atoms with Crippen LogP contribution in [0.4, 0.5) is 5.69 Å². The molecule has 0 saturated carbocycles. The van der Waals surface area contributed by atoms with E-state index in [1.165, 1.54) is 12.1 Å². The first-order valence-corrected chi connectivity index (χ1v) is 9.67. The Bertz CT molecular complexity index is 746. The molecular weight excluding hydrogens is 364 g/mol. The van der Waals surface area contributed by atoms with E-state index in [9.17, 15) is 23.3 Å². The van der Waals surface area contributed by atoms with Crippen molar-refractivity contribution >= 4 is 21.6 Å². The molecular formula is C15H22N4O6S. The second kappa shape index (κ2) is 9.03. The molecule has 1 fully saturated rings. The third-order valence-electron chi connectivity index (χ3n) is 4.12. The SMILES string of the molecule is O=C(CCNS(=O)(=O)c1ccccc1[N+](=O)[O-])N1CCN(CCO)CC1. The minimum absolute atomic E-state index is 0.0279. The van der Waals surface area contributed by atoms with E-state index in [0.717, 1.165) is 12.1 Å². The van der Waals surface area contributed by atoms with E-state index in [0.29, 0.717) is 32.7 Å². The third-order valence-corrected chi connectivity index (χ3v) is 5.63. The van der Waals surface area contributed by atoms with Crippen molar-refractivity contribution < 1.29 is 23.2 Å². The Labute approximate surface area is 151 Å². The largest absolute Gasteiger partial charge is 0.395 e. The molecule has 1 aliphatic rings. The number of β-amino-alcohol motifs (C(OH)–C–C–N with tert-alkyl or cyclic N) is 1. The summed E-state index contributed by atoms with van der Waals surface area (Å²) >= 11 is 0. The molecule has 10 nitrogen and oxygen atoms in total. The number of nitro benzene ring substituents is 1. The summed E-state index contributed by atoms with van der Waals surface area (Å²) in [5, 5.41) is 19.9. The molecule has 0 radical (unpaired) electrons. The van der Waals surface area contributed by atoms with E-state index in [1.54, 1.807) is 4.90 Å². The number of aliphatic hydroxyl groups is 1. The average Bonchev–Trinajstić information content (AvgIpc) is 2.62. The number of rotatable bonds is 8. The minimum Gasteiger partial charge on any atom is -0.395 e. The Hall–Kier alpha value is -2.08. The maximum Gasteiger partial charge on any atom is 0.289 e. The van der Waals surface area contributed by atoms with Gasteiger partial charge < -0.3 is 10.0 Å². The van der Waals surface area contributed by atoms with Gasteiger partial charge in [0.15, 0.2) is 4.90 Å². The molecule has 1 aromatic carbocycles. The monoisotopic (exact) mass is 386 g/mol. The van der Waals surface area contributed by atoms with Gasteiger partial charge in [-0.25, -0.2) is 13.1 Å². The number of sulfonamides is 1. The molecule has 1 heterocycles. The maximum absolute atomic E-state index is 12.3. The molecule has 1 aliphatic heterocycles. The van der Waals surface area contributed by atoms with Gasteiger partial charge in [-0.05, 0) is 6.07 Å². The van der Waals surface area contributed by atoms with Gasteiger partial charge in [0.25, 0.3) is 5.69 Å². The number of piperazine rings is 1. The first kappa shape index (κ1) is 20.2. The van der Waals surface area contributed by atoms with Crippen molar-refractivity contribution in [1.29, 1.82) is 0 Å². The van der Waals surface area contributed by atoms with Crippen LogP contribution in [0.15, 0.2) is 29.2 Å². The molecule has 1 aromatic rings. The topological polar surface area (TPSA) is 133 Å². The molecule has 1 amide bonds. The van der Waals surface area contributed by atoms with Crippen LogP contribution >= 0.6 is 0 Å². The van der Waals surface area contributed by atoms with Crippen LogP contribution in [0.25, 0.3) is 0 Å². The maximum atomic E-state index is 12.3. The van der Waals surface area contributed by atoms with E-state index in [1.807, 2.05) is 4.90 Å². The number of nitrogens with zero attached hydrogens (tertiary/aromatic N) is 3. The van der Waals surface area contributed by atoms with E-state index >= 15 is 0 Å². The number of hydrogen-bond donors (Lipinski definition) is 2. The molecule has 1 saturated heterocycles. The fraction of sp³-hybridized carbons (Fsp3) is 0.533. The van der Waals surface area contributed by atoms with Crippen molar-refractivity contribution in [2.45, 2.75) is 11.3 Å². The lowest BCUT2D eigenvalue weighted by atomic mass is 10.3. The Morgan fingerprint density at radius 2 is 1.88 bits per heavy atom. The zero-order valence-electron chi connectivity index (χ0n) is 14.2. The molecule has 26 heavy (non-hydrogen) atoms. The second-order valence-corrected chi connectivity index (χ2v) is 7.55. The van der Waals surface area contributed by atoms with Crippen LogP contribution in [-0.4, -0.2) is 80.0 Å². The molecule has 0 bridgehead atoms. The molecule has 0 aliphatic carbocycles. The van der Waals surface area contributed by atoms with E-state index in [-0.39, 0.29) is 25.5 Å². The molecule has 0 unspecified atom stereocenters. The van der Waals surface area contributed by atoms with Crippen LogP contribution < -0.4 is 4.72 Å². The Kier molecular flexibility index (Phi) is 7.03. The zero-order valence-corrected chi connectivity index (χ0v) is 15.0. The van der Waals surface area contributed by atoms with Crippen LogP contribution in [0.2, 0.25) is 0 Å². The number of carbonyl (C=O) groups is 1. The minimum atomic E-state index is -4.08. The second-order valence-electron chi connectivity index (χ2n) is 5.82. The van der Waals surface area contributed by atoms with Gasteiger partial charge in [0, 0.05) is 51.8 Å². The number of benzene rings is 1. The number of amides is 1. The van der Waals surface area contributed by atoms with Crippen molar-refractivity contribution in [3.05, 3.63) is 34.4 Å². The van der Waals surface area contributed by atoms with E-state index in [4.69, 9.17) is 5.11 Å². The average molecular weight is 386 g/mol. The van der Waals surface area contributed by atoms with Gasteiger partial charge in [0.2, 0.25) is 15.9 Å². The molecule has 2 N–H and O–H groups in total. The number of hydrogen-bond acceptors (Lipinski definition) is 7. The van der Waals surface area contributed by atoms with Gasteiger partial charge in [-0.1, -0.05) is 12.1 Å². The third kappa shape index (κ3) is 5.21. The molecule has 144 valence electrons. The van der Waals surface area contributed by atoms with Crippen LogP contribution in [-0.2, 0) is 14.8 Å². The van der Waals surface area contributed by atoms with Gasteiger partial charge in [-0.15, -0.1) is 0 Å². The fourth-order valence-corrected chi connectivity index (χ4v) is 3.93. The summed E-state index contributed by atoms with van der Waals surface area (Å²) < 4.78 is 26.8. The van der Waals surface area contributed by atoms with Crippen molar-refractivity contribution in [1.82, 2.24) is 14.5 Å². The van der Waals surface area contributed by atoms with Crippen molar-refractivity contribution in [2.75, 3.05) is 45.9 Å². The van der Waals surface area contributed by atoms with Gasteiger partial charge in [-0.3, -0.25) is 19.8 Å². The Morgan fingerprint density at radius 3 is 2.50 bits per heavy atom. The highest BCUT2D eigenvalue weighted by atomic mass is 32.2. The summed E-state index contributed by atoms with van der Waals surface area (Å²) in [7, 11) is -4.08. The number of carbonyl (C=O) groups excluding carboxylic acids is 1. The van der Waals surface area contributed by atoms with Gasteiger partial charge in [0.05, 0.1) is 11.5 Å². The lowest BCUT2D eigenvalue weighted by molar-refractivity contribution is -0.387. The quantitative estimate of drug-likeness (QED) is 0.450. The highest BCUT2D eigenvalue weighted by molar-refractivity contribution is 7.89. The van der Waals surface area contributed by atoms with Gasteiger partial charge in [-0.2, -0.15) is 0 Å². The summed E-state index contributed by atoms with van der Waals surface area (Å²) in [5.74, 6) is -0.182. The smallest absolute Gasteiger partial charge is 0.289 e. The highest BCUT2D eigenvalue weighted by Crippen LogP contribution is 2.22. The van der Waals surface area contributed by atoms with Crippen LogP contribution in [0.5, 0.6) is 0 Å². The standard InChI is InChI=1S/C15H22N4O6S/c20-12-11-17-7-9-18(10-8-17)15(21)5-6-16-26(24,25)14-4-2-1-3-13(14)19(22)23/h1-4,16,20H,5-12H2. The Morgan fingerprint density at radius 1 is 1.23 bits per heavy atom. The predicted molar refractivity (Wildman–Crippen MR) is 93.0 cm³/mol. The van der Waals surface area contributed by atoms with Gasteiger partial charge in [0.1, 0.15) is 0 Å². The molecule has 0 atom stereocenters. The summed E-state index contributed by atoms with van der Waals surface area (Å²) in [6, 6.07) is 5.06. The summed E-state index contributed by atoms with van der Waals surface area (Å²) in [6.45, 7) is 2.87. The predicted octanol–water partition coefficient (Wildman–Crippen LogP) is -0.600. The van der Waals surface area contributed by atoms with Crippen molar-refractivity contribution in [2.24, 2.45) is 0 Å². The lowest BCUT2D eigenvalue weighted by Gasteiger charge is -2.34.